The molecular formula is C20H34FIN4O. The minimum Gasteiger partial charge on any atom is -0.379 e. The minimum atomic E-state index is -0.173. The van der Waals surface area contributed by atoms with Crippen LogP contribution in [0.15, 0.2) is 23.2 Å². The zero-order valence-electron chi connectivity index (χ0n) is 17.1. The van der Waals surface area contributed by atoms with Gasteiger partial charge < -0.3 is 15.4 Å². The molecule has 0 radical (unpaired) electrons. The summed E-state index contributed by atoms with van der Waals surface area (Å²) in [5, 5.41) is 6.66. The quantitative estimate of drug-likeness (QED) is 0.363. The fraction of sp³-hybridized carbons (Fsp3) is 0.650. The van der Waals surface area contributed by atoms with Crippen molar-refractivity contribution < 1.29 is 9.13 Å². The maximum atomic E-state index is 13.8. The molecule has 27 heavy (non-hydrogen) atoms. The van der Waals surface area contributed by atoms with E-state index in [1.165, 1.54) is 0 Å². The van der Waals surface area contributed by atoms with Gasteiger partial charge >= 0.3 is 0 Å². The largest absolute Gasteiger partial charge is 0.379 e. The van der Waals surface area contributed by atoms with Gasteiger partial charge in [-0.1, -0.05) is 12.1 Å². The average Bonchev–Trinajstić information content (AvgIpc) is 2.62. The van der Waals surface area contributed by atoms with Crippen LogP contribution in [0, 0.1) is 12.7 Å². The summed E-state index contributed by atoms with van der Waals surface area (Å²) in [5.74, 6) is 0.585. The van der Waals surface area contributed by atoms with Crippen LogP contribution in [-0.2, 0) is 4.74 Å². The number of halogens is 2. The fourth-order valence-electron chi connectivity index (χ4n) is 3.21. The first kappa shape index (κ1) is 24.1. The molecule has 0 amide bonds. The van der Waals surface area contributed by atoms with Crippen LogP contribution in [0.2, 0.25) is 0 Å². The molecule has 7 heteroatoms. The molecule has 1 aromatic carbocycles. The Balaban J connectivity index is 0.00000364. The standard InChI is InChI=1S/C20H33FN4O.HI/c1-6-22-20(23-12-15(3)25-9-10-26-13-16(25)4)24-17(5)18-8-7-14(2)19(21)11-18;/h7-8,11,15-17H,6,9-10,12-13H2,1-5H3,(H2,22,23,24);1H. The van der Waals surface area contributed by atoms with E-state index in [-0.39, 0.29) is 35.8 Å². The van der Waals surface area contributed by atoms with E-state index in [0.29, 0.717) is 24.2 Å². The van der Waals surface area contributed by atoms with Gasteiger partial charge in [0, 0.05) is 25.2 Å². The average molecular weight is 492 g/mol. The SMILES string of the molecule is CCNC(=NCC(C)N1CCOCC1C)NC(C)c1ccc(C)c(F)c1.I. The smallest absolute Gasteiger partial charge is 0.191 e. The minimum absolute atomic E-state index is 0. The molecule has 1 aliphatic rings. The third-order valence-corrected chi connectivity index (χ3v) is 4.89. The number of hydrogen-bond acceptors (Lipinski definition) is 3. The van der Waals surface area contributed by atoms with Crippen molar-refractivity contribution in [2.24, 2.45) is 4.99 Å². The van der Waals surface area contributed by atoms with Gasteiger partial charge in [0.2, 0.25) is 0 Å². The number of aryl methyl sites for hydroxylation is 1. The predicted octanol–water partition coefficient (Wildman–Crippen LogP) is 3.48. The molecule has 2 N–H and O–H groups in total. The third kappa shape index (κ3) is 7.19. The molecule has 1 saturated heterocycles. The molecule has 5 nitrogen and oxygen atoms in total. The molecule has 1 fully saturated rings. The van der Waals surface area contributed by atoms with Crippen LogP contribution < -0.4 is 10.6 Å². The number of aliphatic imine (C=N–C) groups is 1. The van der Waals surface area contributed by atoms with E-state index in [1.54, 1.807) is 13.0 Å². The summed E-state index contributed by atoms with van der Waals surface area (Å²) in [7, 11) is 0. The van der Waals surface area contributed by atoms with Crippen molar-refractivity contribution in [3.05, 3.63) is 35.1 Å². The lowest BCUT2D eigenvalue weighted by atomic mass is 10.1. The molecule has 0 aliphatic carbocycles. The molecule has 3 atom stereocenters. The lowest BCUT2D eigenvalue weighted by Gasteiger charge is -2.37. The Morgan fingerprint density at radius 2 is 2.15 bits per heavy atom. The van der Waals surface area contributed by atoms with Gasteiger partial charge in [-0.3, -0.25) is 9.89 Å². The Kier molecular flexibility index (Phi) is 10.5. The first-order chi connectivity index (χ1) is 12.4. The number of nitrogens with one attached hydrogen (secondary N) is 2. The van der Waals surface area contributed by atoms with E-state index < -0.39 is 0 Å². The molecule has 3 unspecified atom stereocenters. The number of nitrogens with zero attached hydrogens (tertiary/aromatic N) is 2. The van der Waals surface area contributed by atoms with Crippen LogP contribution in [0.5, 0.6) is 0 Å². The highest BCUT2D eigenvalue weighted by Gasteiger charge is 2.23. The molecule has 0 aromatic heterocycles. The van der Waals surface area contributed by atoms with E-state index in [1.807, 2.05) is 26.0 Å². The molecule has 1 heterocycles. The van der Waals surface area contributed by atoms with Crippen molar-refractivity contribution in [3.8, 4) is 0 Å². The van der Waals surface area contributed by atoms with Crippen LogP contribution in [0.25, 0.3) is 0 Å². The van der Waals surface area contributed by atoms with Gasteiger partial charge in [0.05, 0.1) is 25.8 Å². The molecule has 1 aromatic rings. The van der Waals surface area contributed by atoms with Crippen LogP contribution in [0.1, 0.15) is 44.9 Å². The molecule has 0 bridgehead atoms. The zero-order valence-corrected chi connectivity index (χ0v) is 19.4. The van der Waals surface area contributed by atoms with Crippen LogP contribution in [-0.4, -0.2) is 55.8 Å². The Morgan fingerprint density at radius 1 is 1.41 bits per heavy atom. The van der Waals surface area contributed by atoms with Gasteiger partial charge in [-0.15, -0.1) is 24.0 Å². The first-order valence-electron chi connectivity index (χ1n) is 9.56. The van der Waals surface area contributed by atoms with Gasteiger partial charge in [0.1, 0.15) is 5.82 Å². The number of ether oxygens (including phenoxy) is 1. The number of guanidine groups is 1. The van der Waals surface area contributed by atoms with Gasteiger partial charge in [-0.25, -0.2) is 4.39 Å². The first-order valence-corrected chi connectivity index (χ1v) is 9.56. The van der Waals surface area contributed by atoms with Gasteiger partial charge in [0.15, 0.2) is 5.96 Å². The van der Waals surface area contributed by atoms with Crippen LogP contribution in [0.4, 0.5) is 4.39 Å². The normalized spacial score (nSPS) is 20.5. The predicted molar refractivity (Wildman–Crippen MR) is 121 cm³/mol. The molecule has 1 aliphatic heterocycles. The highest BCUT2D eigenvalue weighted by molar-refractivity contribution is 14.0. The second-order valence-corrected chi connectivity index (χ2v) is 7.11. The van der Waals surface area contributed by atoms with E-state index in [4.69, 9.17) is 9.73 Å². The molecule has 154 valence electrons. The van der Waals surface area contributed by atoms with Gasteiger partial charge in [0.25, 0.3) is 0 Å². The van der Waals surface area contributed by atoms with Crippen molar-refractivity contribution in [1.82, 2.24) is 15.5 Å². The second kappa shape index (κ2) is 11.8. The third-order valence-electron chi connectivity index (χ3n) is 4.89. The van der Waals surface area contributed by atoms with E-state index >= 15 is 0 Å². The number of morpholine rings is 1. The summed E-state index contributed by atoms with van der Waals surface area (Å²) in [4.78, 5) is 7.19. The number of rotatable bonds is 6. The monoisotopic (exact) mass is 492 g/mol. The summed E-state index contributed by atoms with van der Waals surface area (Å²) in [6.45, 7) is 14.2. The van der Waals surface area contributed by atoms with Crippen molar-refractivity contribution in [2.45, 2.75) is 52.7 Å². The van der Waals surface area contributed by atoms with Crippen LogP contribution in [0.3, 0.4) is 0 Å². The summed E-state index contributed by atoms with van der Waals surface area (Å²) < 4.78 is 19.3. The summed E-state index contributed by atoms with van der Waals surface area (Å²) in [6, 6.07) is 6.09. The van der Waals surface area contributed by atoms with Crippen molar-refractivity contribution in [1.29, 1.82) is 0 Å². The van der Waals surface area contributed by atoms with E-state index in [9.17, 15) is 4.39 Å². The van der Waals surface area contributed by atoms with E-state index in [0.717, 1.165) is 37.8 Å². The fourth-order valence-corrected chi connectivity index (χ4v) is 3.21. The Labute approximate surface area is 180 Å². The second-order valence-electron chi connectivity index (χ2n) is 7.11. The Bertz CT molecular complexity index is 614. The number of hydrogen-bond donors (Lipinski definition) is 2. The topological polar surface area (TPSA) is 48.9 Å². The highest BCUT2D eigenvalue weighted by Crippen LogP contribution is 2.16. The molecule has 0 spiro atoms. The number of benzene rings is 1. The summed E-state index contributed by atoms with van der Waals surface area (Å²) in [5.41, 5.74) is 1.57. The van der Waals surface area contributed by atoms with Gasteiger partial charge in [-0.05, 0) is 51.8 Å². The Morgan fingerprint density at radius 3 is 2.78 bits per heavy atom. The maximum Gasteiger partial charge on any atom is 0.191 e. The van der Waals surface area contributed by atoms with Crippen LogP contribution >= 0.6 is 24.0 Å². The molecule has 2 rings (SSSR count). The molecule has 0 saturated carbocycles. The Hall–Kier alpha value is -0.930. The lowest BCUT2D eigenvalue weighted by Crippen LogP contribution is -2.49. The van der Waals surface area contributed by atoms with Crippen molar-refractivity contribution in [3.63, 3.8) is 0 Å². The van der Waals surface area contributed by atoms with Crippen molar-refractivity contribution >= 4 is 29.9 Å². The highest BCUT2D eigenvalue weighted by atomic mass is 127. The summed E-state index contributed by atoms with van der Waals surface area (Å²) in [6.07, 6.45) is 0. The van der Waals surface area contributed by atoms with Crippen molar-refractivity contribution in [2.75, 3.05) is 32.8 Å². The maximum absolute atomic E-state index is 13.8. The lowest BCUT2D eigenvalue weighted by molar-refractivity contribution is -0.0165. The summed E-state index contributed by atoms with van der Waals surface area (Å²) >= 11 is 0. The van der Waals surface area contributed by atoms with Gasteiger partial charge in [-0.2, -0.15) is 0 Å². The zero-order chi connectivity index (χ0) is 19.1. The molecular weight excluding hydrogens is 458 g/mol. The van der Waals surface area contributed by atoms with E-state index in [2.05, 4.69) is 29.4 Å².